The van der Waals surface area contributed by atoms with E-state index in [4.69, 9.17) is 0 Å². The third-order valence-corrected chi connectivity index (χ3v) is 0. The maximum absolute atomic E-state index is 0. The summed E-state index contributed by atoms with van der Waals surface area (Å²) in [4.78, 5) is 0. The van der Waals surface area contributed by atoms with Crippen LogP contribution in [0, 0.1) is 0 Å². The van der Waals surface area contributed by atoms with Crippen molar-refractivity contribution in [1.82, 2.24) is 0 Å². The molecule has 0 fully saturated rings. The molecule has 0 spiro atoms. The minimum atomic E-state index is 0. The molecule has 0 aliphatic carbocycles. The third kappa shape index (κ3) is 26.0. The molecule has 0 heterocycles. The van der Waals surface area contributed by atoms with E-state index >= 15 is 0 Å². The minimum absolute atomic E-state index is 0. The van der Waals surface area contributed by atoms with Gasteiger partial charge in [-0.15, -0.1) is 0 Å². The first-order valence-corrected chi connectivity index (χ1v) is 0. The maximum Gasteiger partial charge on any atom is 2.00 e. The van der Waals surface area contributed by atoms with Crippen molar-refractivity contribution in [2.75, 3.05) is 0 Å². The van der Waals surface area contributed by atoms with Crippen LogP contribution in [0.5, 0.6) is 0 Å². The van der Waals surface area contributed by atoms with Gasteiger partial charge in [-0.3, -0.25) is 0 Å². The molecule has 27 valence electrons. The molecule has 0 amide bonds. The van der Waals surface area contributed by atoms with Gasteiger partial charge >= 0.3 is 111 Å². The van der Waals surface area contributed by atoms with Crippen LogP contribution in [-0.4, -0.2) is 23.1 Å². The number of hydrogen-bond acceptors (Lipinski definition) is 0. The van der Waals surface area contributed by atoms with E-state index < -0.39 is 0 Å². The smallest absolute Gasteiger partial charge is 2.00 e. The van der Waals surface area contributed by atoms with Crippen LogP contribution in [0.3, 0.4) is 0 Å². The van der Waals surface area contributed by atoms with Gasteiger partial charge in [-0.2, -0.15) is 0 Å². The van der Waals surface area contributed by atoms with Gasteiger partial charge in [-0.1, -0.05) is 0 Å². The Kier molecular flexibility index (Phi) is 372. The van der Waals surface area contributed by atoms with Gasteiger partial charge in [-0.25, -0.2) is 0 Å². The van der Waals surface area contributed by atoms with E-state index in [1.165, 1.54) is 0 Å². The van der Waals surface area contributed by atoms with Crippen LogP contribution in [-0.2, 0) is 87.5 Å². The molecule has 0 atom stereocenters. The zero-order valence-corrected chi connectivity index (χ0v) is 11.4. The minimum Gasteiger partial charge on any atom is 2.00 e. The molecular formula is CoCuFeMgMnZn+12. The van der Waals surface area contributed by atoms with Gasteiger partial charge in [0.2, 0.25) is 0 Å². The SMILES string of the molecule is [Co+2].[Cu+2].[Fe+2].[Mg+2].[Mn+2].[Zn+2]. The molecule has 0 aromatic heterocycles. The van der Waals surface area contributed by atoms with Crippen LogP contribution in [0.25, 0.3) is 0 Å². The molecule has 0 unspecified atom stereocenters. The quantitative estimate of drug-likeness (QED) is 0.533. The second kappa shape index (κ2) is 39.4. The standard InChI is InChI=1S/Co.Cu.Fe.Mg.Mn.Zn/q6*+2. The molecule has 6 heteroatoms. The fraction of sp³-hybridized carbons (Fsp3) is 0. The molecule has 0 aliphatic heterocycles. The summed E-state index contributed by atoms with van der Waals surface area (Å²) in [7, 11) is 0. The Morgan fingerprint density at radius 3 is 1.00 bits per heavy atom. The summed E-state index contributed by atoms with van der Waals surface area (Å²) in [6, 6.07) is 0. The van der Waals surface area contributed by atoms with E-state index in [2.05, 4.69) is 0 Å². The third-order valence-electron chi connectivity index (χ3n) is 0. The van der Waals surface area contributed by atoms with Gasteiger partial charge in [0.1, 0.15) is 0 Å². The van der Waals surface area contributed by atoms with Gasteiger partial charge < -0.3 is 0 Å². The van der Waals surface area contributed by atoms with Crippen LogP contribution >= 0.6 is 0 Å². The summed E-state index contributed by atoms with van der Waals surface area (Å²) >= 11 is 0. The second-order valence-electron chi connectivity index (χ2n) is 0. The molecule has 0 nitrogen and oxygen atoms in total. The summed E-state index contributed by atoms with van der Waals surface area (Å²) in [5.41, 5.74) is 0. The predicted molar refractivity (Wildman–Crippen MR) is 5.75 cm³/mol. The number of rotatable bonds is 0. The van der Waals surface area contributed by atoms with Gasteiger partial charge in [0, 0.05) is 0 Å². The van der Waals surface area contributed by atoms with E-state index in [0.717, 1.165) is 0 Å². The van der Waals surface area contributed by atoms with E-state index in [0.29, 0.717) is 0 Å². The molecule has 0 bridgehead atoms. The Morgan fingerprint density at radius 1 is 1.00 bits per heavy atom. The van der Waals surface area contributed by atoms with Gasteiger partial charge in [0.05, 0.1) is 0 Å². The molecular weight excluding hydrogens is 323 g/mol. The van der Waals surface area contributed by atoms with Gasteiger partial charge in [0.25, 0.3) is 0 Å². The molecule has 0 aromatic rings. The van der Waals surface area contributed by atoms with Crippen molar-refractivity contribution in [3.63, 3.8) is 0 Å². The Hall–Kier alpha value is 3.45. The zero-order valence-electron chi connectivity index (χ0n) is 2.78. The van der Waals surface area contributed by atoms with E-state index in [1.807, 2.05) is 0 Å². The van der Waals surface area contributed by atoms with Crippen LogP contribution in [0.15, 0.2) is 0 Å². The monoisotopic (exact) mass is 321 g/mol. The molecule has 0 saturated heterocycles. The van der Waals surface area contributed by atoms with Gasteiger partial charge in [0.15, 0.2) is 0 Å². The molecule has 6 heavy (non-hydrogen) atoms. The second-order valence-corrected chi connectivity index (χ2v) is 0. The maximum atomic E-state index is 0. The van der Waals surface area contributed by atoms with Crippen molar-refractivity contribution in [2.45, 2.75) is 0 Å². The van der Waals surface area contributed by atoms with Crippen molar-refractivity contribution in [3.8, 4) is 0 Å². The average molecular weight is 323 g/mol. The molecule has 0 N–H and O–H groups in total. The molecule has 0 aromatic carbocycles. The van der Waals surface area contributed by atoms with E-state index in [1.54, 1.807) is 0 Å². The molecule has 0 aliphatic rings. The van der Waals surface area contributed by atoms with Crippen molar-refractivity contribution in [1.29, 1.82) is 0 Å². The average Bonchev–Trinajstić information content (AvgIpc) is 0. The van der Waals surface area contributed by atoms with Crippen molar-refractivity contribution < 1.29 is 87.5 Å². The summed E-state index contributed by atoms with van der Waals surface area (Å²) < 4.78 is 0. The summed E-state index contributed by atoms with van der Waals surface area (Å²) in [6.07, 6.45) is 0. The molecule has 0 saturated carbocycles. The predicted octanol–water partition coefficient (Wildman–Crippen LogP) is -0.393. The normalized spacial score (nSPS) is 0. The Labute approximate surface area is 109 Å². The van der Waals surface area contributed by atoms with E-state index in [9.17, 15) is 0 Å². The van der Waals surface area contributed by atoms with Crippen LogP contribution in [0.1, 0.15) is 0 Å². The Bertz CT molecular complexity index is 15.5. The molecule has 3 radical (unpaired) electrons. The summed E-state index contributed by atoms with van der Waals surface area (Å²) in [5.74, 6) is 0. The summed E-state index contributed by atoms with van der Waals surface area (Å²) in [5, 5.41) is 0. The Balaban J connectivity index is 0. The van der Waals surface area contributed by atoms with Crippen LogP contribution in [0.2, 0.25) is 0 Å². The van der Waals surface area contributed by atoms with Crippen molar-refractivity contribution in [3.05, 3.63) is 0 Å². The Morgan fingerprint density at radius 2 is 1.00 bits per heavy atom. The largest absolute Gasteiger partial charge is 2.00 e. The fourth-order valence-corrected chi connectivity index (χ4v) is 0. The van der Waals surface area contributed by atoms with Crippen molar-refractivity contribution >= 4 is 23.1 Å². The number of hydrogen-bond donors (Lipinski definition) is 0. The van der Waals surface area contributed by atoms with Gasteiger partial charge in [-0.05, 0) is 0 Å². The van der Waals surface area contributed by atoms with E-state index in [-0.39, 0.29) is 111 Å². The van der Waals surface area contributed by atoms with Crippen LogP contribution < -0.4 is 0 Å². The topological polar surface area (TPSA) is 0 Å². The van der Waals surface area contributed by atoms with Crippen molar-refractivity contribution in [2.24, 2.45) is 0 Å². The molecule has 0 rings (SSSR count). The zero-order chi connectivity index (χ0) is 0. The first-order valence-electron chi connectivity index (χ1n) is 0. The fourth-order valence-electron chi connectivity index (χ4n) is 0. The first kappa shape index (κ1) is 56.6. The summed E-state index contributed by atoms with van der Waals surface area (Å²) in [6.45, 7) is 0. The first-order chi connectivity index (χ1) is 0. The van der Waals surface area contributed by atoms with Crippen LogP contribution in [0.4, 0.5) is 0 Å².